The second-order valence-corrected chi connectivity index (χ2v) is 5.86. The lowest BCUT2D eigenvalue weighted by Crippen LogP contribution is -2.28. The molecule has 1 atom stereocenters. The van der Waals surface area contributed by atoms with Gasteiger partial charge in [-0.05, 0) is 42.0 Å². The van der Waals surface area contributed by atoms with Gasteiger partial charge in [0.15, 0.2) is 0 Å². The van der Waals surface area contributed by atoms with E-state index in [-0.39, 0.29) is 6.04 Å². The predicted molar refractivity (Wildman–Crippen MR) is 77.1 cm³/mol. The van der Waals surface area contributed by atoms with Crippen LogP contribution in [0.15, 0.2) is 34.1 Å². The molecule has 2 nitrogen and oxygen atoms in total. The number of hydrazine groups is 1. The number of benzene rings is 1. The van der Waals surface area contributed by atoms with Gasteiger partial charge in [-0.25, -0.2) is 5.43 Å². The third-order valence-corrected chi connectivity index (χ3v) is 4.97. The first kappa shape index (κ1) is 12.8. The van der Waals surface area contributed by atoms with E-state index in [1.165, 1.54) is 26.0 Å². The van der Waals surface area contributed by atoms with Gasteiger partial charge in [0.1, 0.15) is 0 Å². The third-order valence-electron chi connectivity index (χ3n) is 2.79. The fourth-order valence-electron chi connectivity index (χ4n) is 1.94. The number of hydrogen-bond donors (Lipinski definition) is 2. The Morgan fingerprint density at radius 1 is 1.29 bits per heavy atom. The van der Waals surface area contributed by atoms with Gasteiger partial charge in [-0.15, -0.1) is 11.3 Å². The SMILES string of the molecule is Cc1cc(C(NN)c2cccs2)cc(C)c1Br. The predicted octanol–water partition coefficient (Wildman–Crippen LogP) is 3.68. The van der Waals surface area contributed by atoms with Crippen molar-refractivity contribution in [1.29, 1.82) is 0 Å². The van der Waals surface area contributed by atoms with Crippen LogP contribution in [-0.4, -0.2) is 0 Å². The number of aryl methyl sites for hydroxylation is 2. The van der Waals surface area contributed by atoms with Crippen LogP contribution >= 0.6 is 27.3 Å². The minimum Gasteiger partial charge on any atom is -0.271 e. The summed E-state index contributed by atoms with van der Waals surface area (Å²) in [7, 11) is 0. The first-order valence-corrected chi connectivity index (χ1v) is 7.07. The van der Waals surface area contributed by atoms with Gasteiger partial charge >= 0.3 is 0 Å². The molecule has 3 N–H and O–H groups in total. The summed E-state index contributed by atoms with van der Waals surface area (Å²) in [6, 6.07) is 8.55. The minimum atomic E-state index is 0.0699. The minimum absolute atomic E-state index is 0.0699. The van der Waals surface area contributed by atoms with Gasteiger partial charge in [-0.1, -0.05) is 34.1 Å². The molecule has 0 saturated heterocycles. The molecule has 17 heavy (non-hydrogen) atoms. The van der Waals surface area contributed by atoms with E-state index in [0.29, 0.717) is 0 Å². The van der Waals surface area contributed by atoms with Crippen molar-refractivity contribution >= 4 is 27.3 Å². The summed E-state index contributed by atoms with van der Waals surface area (Å²) in [6.45, 7) is 4.20. The monoisotopic (exact) mass is 310 g/mol. The molecule has 1 heterocycles. The molecular weight excluding hydrogens is 296 g/mol. The molecule has 0 aliphatic carbocycles. The highest BCUT2D eigenvalue weighted by molar-refractivity contribution is 9.10. The zero-order valence-electron chi connectivity index (χ0n) is 9.83. The van der Waals surface area contributed by atoms with Crippen LogP contribution in [0.4, 0.5) is 0 Å². The van der Waals surface area contributed by atoms with Gasteiger partial charge < -0.3 is 0 Å². The van der Waals surface area contributed by atoms with E-state index < -0.39 is 0 Å². The molecule has 90 valence electrons. The Morgan fingerprint density at radius 3 is 2.41 bits per heavy atom. The lowest BCUT2D eigenvalue weighted by Gasteiger charge is -2.17. The normalized spacial score (nSPS) is 12.7. The van der Waals surface area contributed by atoms with E-state index in [9.17, 15) is 0 Å². The van der Waals surface area contributed by atoms with E-state index in [0.717, 1.165) is 0 Å². The molecule has 0 amide bonds. The van der Waals surface area contributed by atoms with Gasteiger partial charge in [0.25, 0.3) is 0 Å². The maximum Gasteiger partial charge on any atom is 0.0802 e. The van der Waals surface area contributed by atoms with Gasteiger partial charge in [-0.3, -0.25) is 5.84 Å². The Hall–Kier alpha value is -0.680. The highest BCUT2D eigenvalue weighted by atomic mass is 79.9. The molecule has 0 aliphatic heterocycles. The standard InChI is InChI=1S/C13H15BrN2S/c1-8-6-10(7-9(2)12(8)14)13(16-15)11-4-3-5-17-11/h3-7,13,16H,15H2,1-2H3. The van der Waals surface area contributed by atoms with Crippen molar-refractivity contribution in [1.82, 2.24) is 5.43 Å². The van der Waals surface area contributed by atoms with E-state index in [1.54, 1.807) is 11.3 Å². The average molecular weight is 311 g/mol. The molecule has 0 bridgehead atoms. The summed E-state index contributed by atoms with van der Waals surface area (Å²) in [4.78, 5) is 1.23. The zero-order chi connectivity index (χ0) is 12.4. The first-order chi connectivity index (χ1) is 8.13. The summed E-state index contributed by atoms with van der Waals surface area (Å²) < 4.78 is 1.17. The fraction of sp³-hybridized carbons (Fsp3) is 0.231. The van der Waals surface area contributed by atoms with Crippen LogP contribution in [0, 0.1) is 13.8 Å². The average Bonchev–Trinajstić information content (AvgIpc) is 2.80. The quantitative estimate of drug-likeness (QED) is 0.670. The summed E-state index contributed by atoms with van der Waals surface area (Å²) in [5, 5.41) is 2.07. The third kappa shape index (κ3) is 2.60. The van der Waals surface area contributed by atoms with Crippen LogP contribution in [-0.2, 0) is 0 Å². The van der Waals surface area contributed by atoms with Crippen LogP contribution in [0.3, 0.4) is 0 Å². The van der Waals surface area contributed by atoms with Crippen molar-refractivity contribution in [2.24, 2.45) is 5.84 Å². The van der Waals surface area contributed by atoms with Crippen LogP contribution in [0.5, 0.6) is 0 Å². The largest absolute Gasteiger partial charge is 0.271 e. The zero-order valence-corrected chi connectivity index (χ0v) is 12.2. The maximum atomic E-state index is 5.68. The van der Waals surface area contributed by atoms with E-state index >= 15 is 0 Å². The number of nitrogens with two attached hydrogens (primary N) is 1. The second-order valence-electron chi connectivity index (χ2n) is 4.08. The summed E-state index contributed by atoms with van der Waals surface area (Å²) in [6.07, 6.45) is 0. The van der Waals surface area contributed by atoms with Gasteiger partial charge in [0.2, 0.25) is 0 Å². The number of halogens is 1. The smallest absolute Gasteiger partial charge is 0.0802 e. The molecule has 0 spiro atoms. The number of rotatable bonds is 3. The number of thiophene rings is 1. The molecule has 1 unspecified atom stereocenters. The lowest BCUT2D eigenvalue weighted by molar-refractivity contribution is 0.645. The molecule has 0 aliphatic rings. The molecule has 4 heteroatoms. The molecule has 0 fully saturated rings. The topological polar surface area (TPSA) is 38.0 Å². The molecule has 0 saturated carbocycles. The van der Waals surface area contributed by atoms with Crippen LogP contribution < -0.4 is 11.3 Å². The molecule has 2 rings (SSSR count). The Kier molecular flexibility index (Phi) is 3.99. The van der Waals surface area contributed by atoms with Crippen molar-refractivity contribution in [2.45, 2.75) is 19.9 Å². The Labute approximate surface area is 114 Å². The fourth-order valence-corrected chi connectivity index (χ4v) is 2.98. The highest BCUT2D eigenvalue weighted by Gasteiger charge is 2.15. The number of hydrogen-bond acceptors (Lipinski definition) is 3. The molecule has 0 radical (unpaired) electrons. The molecule has 2 aromatic rings. The molecular formula is C13H15BrN2S. The number of nitrogens with one attached hydrogen (secondary N) is 1. The first-order valence-electron chi connectivity index (χ1n) is 5.39. The molecule has 1 aromatic carbocycles. The second kappa shape index (κ2) is 5.31. The van der Waals surface area contributed by atoms with E-state index in [4.69, 9.17) is 5.84 Å². The van der Waals surface area contributed by atoms with Crippen LogP contribution in [0.25, 0.3) is 0 Å². The van der Waals surface area contributed by atoms with Crippen molar-refractivity contribution < 1.29 is 0 Å². The van der Waals surface area contributed by atoms with Gasteiger partial charge in [0.05, 0.1) is 6.04 Å². The van der Waals surface area contributed by atoms with Crippen molar-refractivity contribution in [3.63, 3.8) is 0 Å². The lowest BCUT2D eigenvalue weighted by atomic mass is 10.0. The summed E-state index contributed by atoms with van der Waals surface area (Å²) in [5.41, 5.74) is 6.56. The van der Waals surface area contributed by atoms with Crippen molar-refractivity contribution in [2.75, 3.05) is 0 Å². The van der Waals surface area contributed by atoms with Crippen LogP contribution in [0.2, 0.25) is 0 Å². The summed E-state index contributed by atoms with van der Waals surface area (Å²) >= 11 is 5.30. The van der Waals surface area contributed by atoms with Crippen molar-refractivity contribution in [3.05, 3.63) is 55.7 Å². The van der Waals surface area contributed by atoms with E-state index in [2.05, 4.69) is 58.8 Å². The highest BCUT2D eigenvalue weighted by Crippen LogP contribution is 2.30. The van der Waals surface area contributed by atoms with Crippen LogP contribution in [0.1, 0.15) is 27.6 Å². The van der Waals surface area contributed by atoms with Crippen molar-refractivity contribution in [3.8, 4) is 0 Å². The molecule has 1 aromatic heterocycles. The Balaban J connectivity index is 2.45. The Morgan fingerprint density at radius 2 is 1.94 bits per heavy atom. The van der Waals surface area contributed by atoms with Gasteiger partial charge in [-0.2, -0.15) is 0 Å². The van der Waals surface area contributed by atoms with E-state index in [1.807, 2.05) is 6.07 Å². The maximum absolute atomic E-state index is 5.68. The van der Waals surface area contributed by atoms with Gasteiger partial charge in [0, 0.05) is 9.35 Å². The Bertz CT molecular complexity index is 485. The summed E-state index contributed by atoms with van der Waals surface area (Å²) in [5.74, 6) is 5.68.